The van der Waals surface area contributed by atoms with E-state index in [1.807, 2.05) is 22.8 Å². The number of fused-ring (bicyclic) bond motifs is 1. The molecule has 0 unspecified atom stereocenters. The number of piperidine rings is 1. The Bertz CT molecular complexity index is 1260. The van der Waals surface area contributed by atoms with Gasteiger partial charge in [-0.15, -0.1) is 0 Å². The second-order valence-corrected chi connectivity index (χ2v) is 9.91. The van der Waals surface area contributed by atoms with Crippen LogP contribution < -0.4 is 5.69 Å². The van der Waals surface area contributed by atoms with Gasteiger partial charge in [0.1, 0.15) is 0 Å². The Kier molecular flexibility index (Phi) is 6.68. The van der Waals surface area contributed by atoms with Gasteiger partial charge >= 0.3 is 5.69 Å². The number of aryl methyl sites for hydroxylation is 2. The van der Waals surface area contributed by atoms with E-state index in [1.165, 1.54) is 28.7 Å². The topological polar surface area (TPSA) is 41.0 Å². The summed E-state index contributed by atoms with van der Waals surface area (Å²) >= 11 is 0. The molecule has 0 aliphatic carbocycles. The molecule has 4 nitrogen and oxygen atoms in total. The molecule has 176 valence electrons. The second-order valence-electron chi connectivity index (χ2n) is 9.91. The number of nitrogens with one attached hydrogen (secondary N) is 1. The van der Waals surface area contributed by atoms with Gasteiger partial charge in [-0.25, -0.2) is 4.79 Å². The van der Waals surface area contributed by atoms with Crippen molar-refractivity contribution in [2.24, 2.45) is 0 Å². The minimum absolute atomic E-state index is 0.0267. The lowest BCUT2D eigenvalue weighted by atomic mass is 9.86. The summed E-state index contributed by atoms with van der Waals surface area (Å²) in [6.45, 7) is 7.58. The summed E-state index contributed by atoms with van der Waals surface area (Å²) in [4.78, 5) is 18.2. The Morgan fingerprint density at radius 1 is 0.882 bits per heavy atom. The third kappa shape index (κ3) is 4.88. The third-order valence-electron chi connectivity index (χ3n) is 7.40. The number of likely N-dealkylation sites (tertiary alicyclic amines) is 1. The quantitative estimate of drug-likeness (QED) is 0.362. The van der Waals surface area contributed by atoms with E-state index < -0.39 is 0 Å². The molecule has 4 heteroatoms. The normalized spacial score (nSPS) is 15.4. The van der Waals surface area contributed by atoms with Crippen molar-refractivity contribution in [2.45, 2.75) is 51.5 Å². The zero-order chi connectivity index (χ0) is 23.5. The number of imidazole rings is 1. The SMILES string of the molecule is Cc1cccc(C(CCCN2CCC(n3c(=O)[nH]c4ccccc43)CC2)c2cccc(C)c2)c1. The van der Waals surface area contributed by atoms with E-state index in [9.17, 15) is 4.79 Å². The molecule has 0 amide bonds. The van der Waals surface area contributed by atoms with Crippen LogP contribution in [0.3, 0.4) is 0 Å². The van der Waals surface area contributed by atoms with Gasteiger partial charge in [0, 0.05) is 25.0 Å². The number of rotatable bonds is 7. The maximum atomic E-state index is 12.6. The lowest BCUT2D eigenvalue weighted by Gasteiger charge is -2.33. The van der Waals surface area contributed by atoms with Crippen LogP contribution in [0.5, 0.6) is 0 Å². The van der Waals surface area contributed by atoms with Crippen LogP contribution in [0.1, 0.15) is 59.9 Å². The summed E-state index contributed by atoms with van der Waals surface area (Å²) in [5.74, 6) is 0.433. The van der Waals surface area contributed by atoms with Crippen molar-refractivity contribution >= 4 is 11.0 Å². The molecular weight excluding hydrogens is 418 g/mol. The molecule has 0 radical (unpaired) electrons. The molecule has 0 bridgehead atoms. The smallest absolute Gasteiger partial charge is 0.306 e. The molecule has 0 atom stereocenters. The number of hydrogen-bond acceptors (Lipinski definition) is 2. The molecule has 3 aromatic carbocycles. The van der Waals surface area contributed by atoms with Crippen LogP contribution >= 0.6 is 0 Å². The molecule has 34 heavy (non-hydrogen) atoms. The lowest BCUT2D eigenvalue weighted by molar-refractivity contribution is 0.183. The number of nitrogens with zero attached hydrogens (tertiary/aromatic N) is 2. The summed E-state index contributed by atoms with van der Waals surface area (Å²) < 4.78 is 1.98. The lowest BCUT2D eigenvalue weighted by Crippen LogP contribution is -2.37. The van der Waals surface area contributed by atoms with Gasteiger partial charge < -0.3 is 9.88 Å². The molecule has 2 heterocycles. The predicted octanol–water partition coefficient (Wildman–Crippen LogP) is 6.20. The Morgan fingerprint density at radius 3 is 2.18 bits per heavy atom. The molecule has 0 saturated carbocycles. The zero-order valence-electron chi connectivity index (χ0n) is 20.3. The van der Waals surface area contributed by atoms with Gasteiger partial charge in [0.15, 0.2) is 0 Å². The van der Waals surface area contributed by atoms with Crippen molar-refractivity contribution in [1.82, 2.24) is 14.5 Å². The monoisotopic (exact) mass is 453 g/mol. The molecule has 1 aliphatic rings. The first-order chi connectivity index (χ1) is 16.6. The summed E-state index contributed by atoms with van der Waals surface area (Å²) in [6.07, 6.45) is 4.38. The summed E-state index contributed by atoms with van der Waals surface area (Å²) in [5, 5.41) is 0. The molecule has 1 N–H and O–H groups in total. The average Bonchev–Trinajstić information content (AvgIpc) is 3.18. The van der Waals surface area contributed by atoms with E-state index in [0.29, 0.717) is 5.92 Å². The minimum atomic E-state index is 0.0267. The Balaban J connectivity index is 1.22. The van der Waals surface area contributed by atoms with Crippen molar-refractivity contribution in [3.63, 3.8) is 0 Å². The largest absolute Gasteiger partial charge is 0.326 e. The first-order valence-electron chi connectivity index (χ1n) is 12.6. The van der Waals surface area contributed by atoms with Crippen molar-refractivity contribution in [3.05, 3.63) is 106 Å². The van der Waals surface area contributed by atoms with Gasteiger partial charge in [-0.1, -0.05) is 71.8 Å². The summed E-state index contributed by atoms with van der Waals surface area (Å²) in [5.41, 5.74) is 7.48. The van der Waals surface area contributed by atoms with Crippen LogP contribution in [0, 0.1) is 13.8 Å². The van der Waals surface area contributed by atoms with Gasteiger partial charge in [0.25, 0.3) is 0 Å². The first kappa shape index (κ1) is 22.7. The predicted molar refractivity (Wildman–Crippen MR) is 141 cm³/mol. The van der Waals surface area contributed by atoms with Crippen LogP contribution in [0.2, 0.25) is 0 Å². The zero-order valence-corrected chi connectivity index (χ0v) is 20.3. The number of aromatic amines is 1. The maximum Gasteiger partial charge on any atom is 0.326 e. The number of aromatic nitrogens is 2. The highest BCUT2D eigenvalue weighted by Gasteiger charge is 2.24. The molecule has 5 rings (SSSR count). The minimum Gasteiger partial charge on any atom is -0.306 e. The fourth-order valence-corrected chi connectivity index (χ4v) is 5.66. The molecule has 1 aromatic heterocycles. The van der Waals surface area contributed by atoms with Crippen molar-refractivity contribution in [2.75, 3.05) is 19.6 Å². The number of para-hydroxylation sites is 2. The van der Waals surface area contributed by atoms with Gasteiger partial charge in [-0.3, -0.25) is 4.57 Å². The highest BCUT2D eigenvalue weighted by atomic mass is 16.1. The first-order valence-corrected chi connectivity index (χ1v) is 12.6. The molecule has 4 aromatic rings. The highest BCUT2D eigenvalue weighted by molar-refractivity contribution is 5.75. The standard InChI is InChI=1S/C30H35N3O/c1-22-8-5-10-24(20-22)27(25-11-6-9-23(2)21-25)12-7-17-32-18-15-26(16-19-32)33-29-14-4-3-13-28(29)31-30(33)34/h3-6,8-11,13-14,20-21,26-27H,7,12,15-19H2,1-2H3,(H,31,34). The number of hydrogen-bond donors (Lipinski definition) is 1. The van der Waals surface area contributed by atoms with Crippen LogP contribution in [0.4, 0.5) is 0 Å². The fraction of sp³-hybridized carbons (Fsp3) is 0.367. The van der Waals surface area contributed by atoms with Crippen molar-refractivity contribution in [1.29, 1.82) is 0 Å². The van der Waals surface area contributed by atoms with E-state index >= 15 is 0 Å². The van der Waals surface area contributed by atoms with Crippen LogP contribution in [-0.2, 0) is 0 Å². The number of benzene rings is 3. The molecule has 0 spiro atoms. The van der Waals surface area contributed by atoms with Crippen molar-refractivity contribution < 1.29 is 0 Å². The van der Waals surface area contributed by atoms with E-state index in [4.69, 9.17) is 0 Å². The molecule has 1 aliphatic heterocycles. The van der Waals surface area contributed by atoms with Gasteiger partial charge in [-0.05, 0) is 69.3 Å². The van der Waals surface area contributed by atoms with Crippen LogP contribution in [0.25, 0.3) is 11.0 Å². The Morgan fingerprint density at radius 2 is 1.53 bits per heavy atom. The Hall–Kier alpha value is -3.11. The van der Waals surface area contributed by atoms with E-state index in [2.05, 4.69) is 78.3 Å². The summed E-state index contributed by atoms with van der Waals surface area (Å²) in [6, 6.07) is 26.3. The maximum absolute atomic E-state index is 12.6. The van der Waals surface area contributed by atoms with E-state index in [0.717, 1.165) is 49.9 Å². The van der Waals surface area contributed by atoms with Gasteiger partial charge in [0.05, 0.1) is 11.0 Å². The van der Waals surface area contributed by atoms with Crippen molar-refractivity contribution in [3.8, 4) is 0 Å². The van der Waals surface area contributed by atoms with Crippen LogP contribution in [-0.4, -0.2) is 34.1 Å². The average molecular weight is 454 g/mol. The molecule has 1 fully saturated rings. The molecule has 1 saturated heterocycles. The van der Waals surface area contributed by atoms with E-state index in [1.54, 1.807) is 0 Å². The van der Waals surface area contributed by atoms with E-state index in [-0.39, 0.29) is 11.7 Å². The third-order valence-corrected chi connectivity index (χ3v) is 7.40. The fourth-order valence-electron chi connectivity index (χ4n) is 5.66. The Labute approximate surface area is 202 Å². The molecular formula is C30H35N3O. The van der Waals surface area contributed by atoms with Crippen LogP contribution in [0.15, 0.2) is 77.6 Å². The number of H-pyrrole nitrogens is 1. The summed E-state index contributed by atoms with van der Waals surface area (Å²) in [7, 11) is 0. The second kappa shape index (κ2) is 10.0. The van der Waals surface area contributed by atoms with Gasteiger partial charge in [0.2, 0.25) is 0 Å². The van der Waals surface area contributed by atoms with Gasteiger partial charge in [-0.2, -0.15) is 0 Å². The highest BCUT2D eigenvalue weighted by Crippen LogP contribution is 2.31.